The Morgan fingerprint density at radius 2 is 1.47 bits per heavy atom. The zero-order valence-corrected chi connectivity index (χ0v) is 19.4. The maximum Gasteiger partial charge on any atom is 0.472 e. The molecular weight excluding hydrogens is 413 g/mol. The summed E-state index contributed by atoms with van der Waals surface area (Å²) in [5.74, 6) is -0.881. The molecular formula is C20H40NO8P. The Hall–Kier alpha value is -0.990. The molecule has 0 aromatic heterocycles. The molecule has 10 heteroatoms. The fourth-order valence-corrected chi connectivity index (χ4v) is 3.31. The lowest BCUT2D eigenvalue weighted by Gasteiger charge is -2.19. The van der Waals surface area contributed by atoms with E-state index in [0.717, 1.165) is 25.7 Å². The second kappa shape index (κ2) is 18.8. The molecule has 0 fully saturated rings. The van der Waals surface area contributed by atoms with Gasteiger partial charge in [0.2, 0.25) is 0 Å². The monoisotopic (exact) mass is 453 g/mol. The van der Waals surface area contributed by atoms with Crippen molar-refractivity contribution < 1.29 is 37.6 Å². The number of ether oxygens (including phenoxy) is 2. The van der Waals surface area contributed by atoms with Crippen LogP contribution < -0.4 is 5.73 Å². The predicted octanol–water partition coefficient (Wildman–Crippen LogP) is 3.86. The van der Waals surface area contributed by atoms with Crippen LogP contribution in [0.2, 0.25) is 0 Å². The molecule has 0 heterocycles. The van der Waals surface area contributed by atoms with E-state index in [-0.39, 0.29) is 32.6 Å². The van der Waals surface area contributed by atoms with Gasteiger partial charge in [-0.3, -0.25) is 18.6 Å². The van der Waals surface area contributed by atoms with Crippen molar-refractivity contribution in [1.29, 1.82) is 0 Å². The van der Waals surface area contributed by atoms with Gasteiger partial charge in [-0.1, -0.05) is 58.8 Å². The minimum Gasteiger partial charge on any atom is -0.462 e. The number of carbonyl (C=O) groups is 2. The zero-order chi connectivity index (χ0) is 22.7. The molecule has 0 amide bonds. The van der Waals surface area contributed by atoms with Crippen molar-refractivity contribution in [2.45, 2.75) is 90.6 Å². The summed E-state index contributed by atoms with van der Waals surface area (Å²) < 4.78 is 31.6. The number of hydrogen-bond acceptors (Lipinski definition) is 8. The summed E-state index contributed by atoms with van der Waals surface area (Å²) in [4.78, 5) is 33.4. The number of nitrogens with two attached hydrogens (primary N) is 1. The van der Waals surface area contributed by atoms with Crippen LogP contribution in [0, 0.1) is 0 Å². The molecule has 0 aliphatic carbocycles. The van der Waals surface area contributed by atoms with Gasteiger partial charge in [0.25, 0.3) is 0 Å². The molecule has 0 aliphatic rings. The third-order valence-electron chi connectivity index (χ3n) is 4.24. The number of phosphoric ester groups is 1. The average Bonchev–Trinajstić information content (AvgIpc) is 2.72. The van der Waals surface area contributed by atoms with Gasteiger partial charge in [-0.05, 0) is 12.8 Å². The Bertz CT molecular complexity index is 503. The molecule has 1 unspecified atom stereocenters. The third-order valence-corrected chi connectivity index (χ3v) is 5.23. The predicted molar refractivity (Wildman–Crippen MR) is 114 cm³/mol. The molecule has 0 aromatic carbocycles. The van der Waals surface area contributed by atoms with Crippen LogP contribution in [0.25, 0.3) is 0 Å². The highest BCUT2D eigenvalue weighted by atomic mass is 31.2. The first-order chi connectivity index (χ1) is 14.3. The number of esters is 2. The topological polar surface area (TPSA) is 134 Å². The molecule has 0 aliphatic heterocycles. The van der Waals surface area contributed by atoms with Gasteiger partial charge < -0.3 is 20.1 Å². The molecule has 0 saturated heterocycles. The summed E-state index contributed by atoms with van der Waals surface area (Å²) >= 11 is 0. The van der Waals surface area contributed by atoms with E-state index >= 15 is 0 Å². The maximum atomic E-state index is 11.9. The normalized spacial score (nSPS) is 14.1. The molecule has 30 heavy (non-hydrogen) atoms. The lowest BCUT2D eigenvalue weighted by molar-refractivity contribution is -0.161. The van der Waals surface area contributed by atoms with Gasteiger partial charge in [0.05, 0.1) is 13.2 Å². The molecule has 2 atom stereocenters. The summed E-state index contributed by atoms with van der Waals surface area (Å²) in [5.41, 5.74) is 5.23. The summed E-state index contributed by atoms with van der Waals surface area (Å²) in [6, 6.07) is 0. The van der Waals surface area contributed by atoms with Crippen LogP contribution >= 0.6 is 7.82 Å². The molecule has 178 valence electrons. The Morgan fingerprint density at radius 1 is 0.867 bits per heavy atom. The minimum atomic E-state index is -4.32. The van der Waals surface area contributed by atoms with Crippen molar-refractivity contribution in [2.75, 3.05) is 26.4 Å². The van der Waals surface area contributed by atoms with Gasteiger partial charge in [0.1, 0.15) is 6.61 Å². The molecule has 0 bridgehead atoms. The second-order valence-corrected chi connectivity index (χ2v) is 8.61. The molecule has 0 saturated carbocycles. The first-order valence-corrected chi connectivity index (χ1v) is 12.5. The van der Waals surface area contributed by atoms with E-state index in [9.17, 15) is 19.0 Å². The van der Waals surface area contributed by atoms with Gasteiger partial charge in [-0.25, -0.2) is 4.57 Å². The van der Waals surface area contributed by atoms with Crippen LogP contribution in [0.15, 0.2) is 0 Å². The van der Waals surface area contributed by atoms with Crippen LogP contribution in [-0.2, 0) is 32.7 Å². The van der Waals surface area contributed by atoms with Gasteiger partial charge in [-0.2, -0.15) is 0 Å². The fraction of sp³-hybridized carbons (Fsp3) is 0.900. The standard InChI is InChI=1S/C20H40NO8P/c1-3-5-7-8-9-10-11-13-19(22)26-16-18(29-20(23)12-6-4-2)17-28-30(24,25)27-15-14-21/h18H,3-17,21H2,1-2H3,(H,24,25)/t18-/m1/s1. The highest BCUT2D eigenvalue weighted by molar-refractivity contribution is 7.47. The Morgan fingerprint density at radius 3 is 2.10 bits per heavy atom. The van der Waals surface area contributed by atoms with E-state index in [2.05, 4.69) is 11.4 Å². The van der Waals surface area contributed by atoms with Crippen LogP contribution in [0.4, 0.5) is 0 Å². The summed E-state index contributed by atoms with van der Waals surface area (Å²) in [7, 11) is -4.32. The Balaban J connectivity index is 4.35. The highest BCUT2D eigenvalue weighted by Crippen LogP contribution is 2.43. The van der Waals surface area contributed by atoms with E-state index in [1.165, 1.54) is 25.7 Å². The third kappa shape index (κ3) is 17.8. The van der Waals surface area contributed by atoms with Crippen LogP contribution in [0.1, 0.15) is 84.5 Å². The van der Waals surface area contributed by atoms with Gasteiger partial charge in [0, 0.05) is 19.4 Å². The average molecular weight is 454 g/mol. The van der Waals surface area contributed by atoms with E-state index in [1.54, 1.807) is 0 Å². The Labute approximate surface area is 180 Å². The van der Waals surface area contributed by atoms with E-state index in [1.807, 2.05) is 6.92 Å². The van der Waals surface area contributed by atoms with Crippen LogP contribution in [0.5, 0.6) is 0 Å². The number of rotatable bonds is 20. The van der Waals surface area contributed by atoms with Gasteiger partial charge in [0.15, 0.2) is 6.10 Å². The van der Waals surface area contributed by atoms with Crippen molar-refractivity contribution >= 4 is 19.8 Å². The van der Waals surface area contributed by atoms with E-state index < -0.39 is 32.5 Å². The summed E-state index contributed by atoms with van der Waals surface area (Å²) in [5, 5.41) is 0. The first kappa shape index (κ1) is 29.0. The lowest BCUT2D eigenvalue weighted by atomic mass is 10.1. The van der Waals surface area contributed by atoms with Crippen molar-refractivity contribution in [2.24, 2.45) is 5.73 Å². The number of hydrogen-bond donors (Lipinski definition) is 2. The molecule has 9 nitrogen and oxygen atoms in total. The first-order valence-electron chi connectivity index (χ1n) is 11.0. The summed E-state index contributed by atoms with van der Waals surface area (Å²) in [6.45, 7) is 3.34. The SMILES string of the molecule is CCCCCCCCCC(=O)OC[C@H](COP(=O)(O)OCCN)OC(=O)CCCC. The van der Waals surface area contributed by atoms with Crippen LogP contribution in [-0.4, -0.2) is 49.3 Å². The minimum absolute atomic E-state index is 0.0551. The number of carbonyl (C=O) groups excluding carboxylic acids is 2. The van der Waals surface area contributed by atoms with Crippen LogP contribution in [0.3, 0.4) is 0 Å². The largest absolute Gasteiger partial charge is 0.472 e. The molecule has 3 N–H and O–H groups in total. The lowest BCUT2D eigenvalue weighted by Crippen LogP contribution is -2.29. The summed E-state index contributed by atoms with van der Waals surface area (Å²) in [6.07, 6.45) is 8.59. The quantitative estimate of drug-likeness (QED) is 0.160. The molecule has 0 rings (SSSR count). The van der Waals surface area contributed by atoms with Crippen molar-refractivity contribution in [3.63, 3.8) is 0 Å². The van der Waals surface area contributed by atoms with Crippen molar-refractivity contribution in [3.8, 4) is 0 Å². The number of phosphoric acid groups is 1. The second-order valence-electron chi connectivity index (χ2n) is 7.16. The molecule has 0 aromatic rings. The molecule has 0 spiro atoms. The highest BCUT2D eigenvalue weighted by Gasteiger charge is 2.25. The maximum absolute atomic E-state index is 11.9. The zero-order valence-electron chi connectivity index (χ0n) is 18.5. The van der Waals surface area contributed by atoms with Crippen molar-refractivity contribution in [1.82, 2.24) is 0 Å². The van der Waals surface area contributed by atoms with E-state index in [0.29, 0.717) is 6.42 Å². The Kier molecular flexibility index (Phi) is 18.1. The number of unbranched alkanes of at least 4 members (excludes halogenated alkanes) is 7. The van der Waals surface area contributed by atoms with Gasteiger partial charge >= 0.3 is 19.8 Å². The van der Waals surface area contributed by atoms with Gasteiger partial charge in [-0.15, -0.1) is 0 Å². The fourth-order valence-electron chi connectivity index (χ4n) is 2.55. The van der Waals surface area contributed by atoms with E-state index in [4.69, 9.17) is 19.7 Å². The smallest absolute Gasteiger partial charge is 0.462 e. The van der Waals surface area contributed by atoms with Crippen molar-refractivity contribution in [3.05, 3.63) is 0 Å². The molecule has 0 radical (unpaired) electrons.